The van der Waals surface area contributed by atoms with E-state index in [-0.39, 0.29) is 5.91 Å². The number of nitrogens with zero attached hydrogens (tertiary/aromatic N) is 1. The lowest BCUT2D eigenvalue weighted by Crippen LogP contribution is -2.29. The Hall–Kier alpha value is -2.00. The van der Waals surface area contributed by atoms with Gasteiger partial charge in [0.05, 0.1) is 5.56 Å². The summed E-state index contributed by atoms with van der Waals surface area (Å²) in [4.78, 5) is 14.7. The van der Waals surface area contributed by atoms with Crippen LogP contribution < -0.4 is 10.2 Å². The van der Waals surface area contributed by atoms with Crippen molar-refractivity contribution in [2.24, 2.45) is 0 Å². The molecule has 1 amide bonds. The van der Waals surface area contributed by atoms with E-state index >= 15 is 0 Å². The van der Waals surface area contributed by atoms with Gasteiger partial charge in [0.2, 0.25) is 0 Å². The zero-order valence-electron chi connectivity index (χ0n) is 11.9. The molecule has 0 radical (unpaired) electrons. The summed E-state index contributed by atoms with van der Waals surface area (Å²) in [6, 6.07) is 13.4. The minimum Gasteiger partial charge on any atom is -0.385 e. The minimum absolute atomic E-state index is 0.00148. The van der Waals surface area contributed by atoms with Crippen LogP contribution in [0.5, 0.6) is 0 Å². The fourth-order valence-electron chi connectivity index (χ4n) is 2.73. The van der Waals surface area contributed by atoms with Gasteiger partial charge in [0, 0.05) is 29.5 Å². The lowest BCUT2D eigenvalue weighted by atomic mass is 10.1. The Kier molecular flexibility index (Phi) is 3.84. The summed E-state index contributed by atoms with van der Waals surface area (Å²) in [5, 5.41) is 3.80. The van der Waals surface area contributed by atoms with Gasteiger partial charge in [-0.15, -0.1) is 0 Å². The first-order valence-electron chi connectivity index (χ1n) is 7.14. The second kappa shape index (κ2) is 5.78. The van der Waals surface area contributed by atoms with E-state index in [1.165, 1.54) is 5.56 Å². The van der Waals surface area contributed by atoms with Gasteiger partial charge in [0.15, 0.2) is 0 Å². The molecule has 2 aromatic rings. The minimum atomic E-state index is -0.00148. The first kappa shape index (κ1) is 14.0. The van der Waals surface area contributed by atoms with E-state index in [2.05, 4.69) is 11.4 Å². The van der Waals surface area contributed by atoms with Crippen molar-refractivity contribution in [1.82, 2.24) is 0 Å². The predicted molar refractivity (Wildman–Crippen MR) is 87.4 cm³/mol. The maximum Gasteiger partial charge on any atom is 0.260 e. The molecule has 1 aliphatic heterocycles. The molecule has 0 bridgehead atoms. The van der Waals surface area contributed by atoms with Gasteiger partial charge in [-0.25, -0.2) is 0 Å². The van der Waals surface area contributed by atoms with Gasteiger partial charge in [0.1, 0.15) is 0 Å². The molecule has 0 saturated heterocycles. The lowest BCUT2D eigenvalue weighted by molar-refractivity contribution is 0.0990. The number of amides is 1. The lowest BCUT2D eigenvalue weighted by Gasteiger charge is -2.19. The van der Waals surface area contributed by atoms with Crippen molar-refractivity contribution >= 4 is 28.9 Å². The van der Waals surface area contributed by atoms with Crippen LogP contribution in [0, 0.1) is 0 Å². The van der Waals surface area contributed by atoms with Crippen molar-refractivity contribution in [1.29, 1.82) is 0 Å². The third-order valence-electron chi connectivity index (χ3n) is 3.71. The molecule has 0 spiro atoms. The average Bonchev–Trinajstić information content (AvgIpc) is 2.92. The van der Waals surface area contributed by atoms with Crippen molar-refractivity contribution in [3.63, 3.8) is 0 Å². The molecule has 0 fully saturated rings. The Morgan fingerprint density at radius 2 is 2.10 bits per heavy atom. The molecule has 0 aliphatic carbocycles. The molecule has 1 aliphatic rings. The fourth-order valence-corrected chi connectivity index (χ4v) is 2.90. The van der Waals surface area contributed by atoms with E-state index in [0.29, 0.717) is 10.6 Å². The summed E-state index contributed by atoms with van der Waals surface area (Å²) in [6.45, 7) is 3.49. The van der Waals surface area contributed by atoms with Crippen molar-refractivity contribution in [3.8, 4) is 0 Å². The molecule has 3 rings (SSSR count). The molecule has 0 atom stereocenters. The number of carbonyl (C=O) groups excluding carboxylic acids is 1. The van der Waals surface area contributed by atoms with E-state index < -0.39 is 0 Å². The zero-order valence-corrected chi connectivity index (χ0v) is 12.7. The summed E-state index contributed by atoms with van der Waals surface area (Å²) in [7, 11) is 0. The van der Waals surface area contributed by atoms with Crippen molar-refractivity contribution < 1.29 is 4.79 Å². The van der Waals surface area contributed by atoms with Gasteiger partial charge in [-0.05, 0) is 43.2 Å². The number of benzene rings is 2. The third-order valence-corrected chi connectivity index (χ3v) is 3.95. The first-order valence-corrected chi connectivity index (χ1v) is 7.51. The van der Waals surface area contributed by atoms with E-state index in [1.54, 1.807) is 12.1 Å². The molecule has 0 aromatic heterocycles. The molecule has 0 unspecified atom stereocenters. The Bertz CT molecular complexity index is 684. The van der Waals surface area contributed by atoms with E-state index in [9.17, 15) is 4.79 Å². The van der Waals surface area contributed by atoms with Crippen LogP contribution in [0.4, 0.5) is 11.4 Å². The highest BCUT2D eigenvalue weighted by Crippen LogP contribution is 2.31. The van der Waals surface area contributed by atoms with Gasteiger partial charge in [-0.2, -0.15) is 0 Å². The van der Waals surface area contributed by atoms with Crippen LogP contribution in [0.15, 0.2) is 42.5 Å². The molecule has 0 saturated carbocycles. The van der Waals surface area contributed by atoms with Crippen LogP contribution in [-0.4, -0.2) is 19.0 Å². The Balaban J connectivity index is 1.98. The fraction of sp³-hybridized carbons (Fsp3) is 0.235. The molecular formula is C17H17ClN2O. The molecule has 3 nitrogen and oxygen atoms in total. The van der Waals surface area contributed by atoms with Gasteiger partial charge in [0.25, 0.3) is 5.91 Å². The molecule has 21 heavy (non-hydrogen) atoms. The summed E-state index contributed by atoms with van der Waals surface area (Å²) in [5.41, 5.74) is 3.68. The predicted octanol–water partition coefficient (Wildman–Crippen LogP) is 3.97. The number of hydrogen-bond donors (Lipinski definition) is 1. The number of hydrogen-bond acceptors (Lipinski definition) is 2. The van der Waals surface area contributed by atoms with E-state index in [1.807, 2.05) is 36.1 Å². The SMILES string of the molecule is CCNc1ccc(Cl)cc1C(=O)N1CCc2ccccc21. The molecule has 2 aromatic carbocycles. The molecular weight excluding hydrogens is 284 g/mol. The smallest absolute Gasteiger partial charge is 0.260 e. The van der Waals surface area contributed by atoms with Gasteiger partial charge in [-0.3, -0.25) is 4.79 Å². The summed E-state index contributed by atoms with van der Waals surface area (Å²) < 4.78 is 0. The van der Waals surface area contributed by atoms with Crippen molar-refractivity contribution in [2.75, 3.05) is 23.3 Å². The first-order chi connectivity index (χ1) is 10.2. The number of anilines is 2. The highest BCUT2D eigenvalue weighted by atomic mass is 35.5. The summed E-state index contributed by atoms with van der Waals surface area (Å²) >= 11 is 6.07. The number of rotatable bonds is 3. The van der Waals surface area contributed by atoms with Gasteiger partial charge >= 0.3 is 0 Å². The molecule has 1 heterocycles. The molecule has 108 valence electrons. The largest absolute Gasteiger partial charge is 0.385 e. The maximum atomic E-state index is 12.9. The van der Waals surface area contributed by atoms with Crippen molar-refractivity contribution in [2.45, 2.75) is 13.3 Å². The van der Waals surface area contributed by atoms with Crippen LogP contribution in [0.25, 0.3) is 0 Å². The van der Waals surface area contributed by atoms with Crippen LogP contribution in [-0.2, 0) is 6.42 Å². The number of fused-ring (bicyclic) bond motifs is 1. The van der Waals surface area contributed by atoms with Gasteiger partial charge < -0.3 is 10.2 Å². The topological polar surface area (TPSA) is 32.3 Å². The van der Waals surface area contributed by atoms with Gasteiger partial charge in [-0.1, -0.05) is 29.8 Å². The van der Waals surface area contributed by atoms with E-state index in [0.717, 1.165) is 30.9 Å². The highest BCUT2D eigenvalue weighted by Gasteiger charge is 2.26. The number of para-hydroxylation sites is 1. The quantitative estimate of drug-likeness (QED) is 0.930. The standard InChI is InChI=1S/C17H17ClN2O/c1-2-19-15-8-7-13(18)11-14(15)17(21)20-10-9-12-5-3-4-6-16(12)20/h3-8,11,19H,2,9-10H2,1H3. The second-order valence-corrected chi connectivity index (χ2v) is 5.49. The van der Waals surface area contributed by atoms with Crippen molar-refractivity contribution in [3.05, 3.63) is 58.6 Å². The van der Waals surface area contributed by atoms with Crippen LogP contribution >= 0.6 is 11.6 Å². The Morgan fingerprint density at radius 1 is 1.29 bits per heavy atom. The van der Waals surface area contributed by atoms with Crippen LogP contribution in [0.1, 0.15) is 22.8 Å². The number of carbonyl (C=O) groups is 1. The maximum absolute atomic E-state index is 12.9. The monoisotopic (exact) mass is 300 g/mol. The van der Waals surface area contributed by atoms with E-state index in [4.69, 9.17) is 11.6 Å². The average molecular weight is 301 g/mol. The summed E-state index contributed by atoms with van der Waals surface area (Å²) in [6.07, 6.45) is 0.902. The molecule has 1 N–H and O–H groups in total. The van der Waals surface area contributed by atoms with Crippen LogP contribution in [0.2, 0.25) is 5.02 Å². The number of halogens is 1. The Morgan fingerprint density at radius 3 is 2.90 bits per heavy atom. The normalized spacial score (nSPS) is 13.1. The van der Waals surface area contributed by atoms with Crippen LogP contribution in [0.3, 0.4) is 0 Å². The third kappa shape index (κ3) is 2.61. The highest BCUT2D eigenvalue weighted by molar-refractivity contribution is 6.31. The summed E-state index contributed by atoms with van der Waals surface area (Å²) in [5.74, 6) is -0.00148. The Labute approximate surface area is 129 Å². The number of nitrogens with one attached hydrogen (secondary N) is 1. The zero-order chi connectivity index (χ0) is 14.8. The second-order valence-electron chi connectivity index (χ2n) is 5.06. The molecule has 4 heteroatoms.